The molecule has 2 aliphatic heterocycles. The predicted octanol–water partition coefficient (Wildman–Crippen LogP) is -0.436. The second kappa shape index (κ2) is 8.95. The molecule has 0 unspecified atom stereocenters. The molecule has 2 aromatic rings. The summed E-state index contributed by atoms with van der Waals surface area (Å²) in [5.74, 6) is -4.59. The fourth-order valence-electron chi connectivity index (χ4n) is 4.07. The highest BCUT2D eigenvalue weighted by Gasteiger charge is 2.45. The van der Waals surface area contributed by atoms with Crippen LogP contribution in [0.4, 0.5) is 4.39 Å². The normalized spacial score (nSPS) is 19.0. The summed E-state index contributed by atoms with van der Waals surface area (Å²) in [6, 6.07) is 4.99. The molecule has 2 N–H and O–H groups in total. The van der Waals surface area contributed by atoms with Crippen LogP contribution < -0.4 is 10.9 Å². The highest BCUT2D eigenvalue weighted by atomic mass is 19.1. The summed E-state index contributed by atoms with van der Waals surface area (Å²) in [5, 5.41) is 13.7. The molecular formula is C22H24FN5O6. The lowest BCUT2D eigenvalue weighted by Gasteiger charge is -2.35. The van der Waals surface area contributed by atoms with Crippen molar-refractivity contribution in [1.82, 2.24) is 24.7 Å². The Morgan fingerprint density at radius 2 is 1.94 bits per heavy atom. The highest BCUT2D eigenvalue weighted by Crippen LogP contribution is 2.34. The Balaban J connectivity index is 1.80. The number of benzene rings is 1. The summed E-state index contributed by atoms with van der Waals surface area (Å²) < 4.78 is 20.5. The third kappa shape index (κ3) is 4.05. The van der Waals surface area contributed by atoms with Crippen LogP contribution in [0.2, 0.25) is 0 Å². The Kier molecular flexibility index (Phi) is 6.19. The first-order chi connectivity index (χ1) is 16.1. The average Bonchev–Trinajstić information content (AvgIpc) is 3.29. The molecule has 1 spiro atoms. The fourth-order valence-corrected chi connectivity index (χ4v) is 4.07. The summed E-state index contributed by atoms with van der Waals surface area (Å²) in [6.45, 7) is 0.930. The van der Waals surface area contributed by atoms with Crippen LogP contribution in [0.3, 0.4) is 0 Å². The van der Waals surface area contributed by atoms with Gasteiger partial charge in [0.05, 0.1) is 19.7 Å². The SMILES string of the molecule is CN(C)C(=O)C(=O)N(Cc1ccc(F)cc1)C(=O)c1nc2n(c(=O)c1O)CCO[C@@]21CCNC1. The number of fused-ring (bicyclic) bond motifs is 2. The number of aromatic nitrogens is 2. The van der Waals surface area contributed by atoms with Crippen molar-refractivity contribution in [2.75, 3.05) is 33.8 Å². The molecule has 1 atom stereocenters. The van der Waals surface area contributed by atoms with E-state index in [2.05, 4.69) is 10.3 Å². The average molecular weight is 473 g/mol. The summed E-state index contributed by atoms with van der Waals surface area (Å²) in [5.41, 5.74) is -2.10. The van der Waals surface area contributed by atoms with Crippen LogP contribution in [0.25, 0.3) is 0 Å². The Bertz CT molecular complexity index is 1200. The van der Waals surface area contributed by atoms with Gasteiger partial charge >= 0.3 is 11.8 Å². The predicted molar refractivity (Wildman–Crippen MR) is 115 cm³/mol. The lowest BCUT2D eigenvalue weighted by molar-refractivity contribution is -0.149. The zero-order chi connectivity index (χ0) is 24.6. The molecule has 0 bridgehead atoms. The van der Waals surface area contributed by atoms with Crippen molar-refractivity contribution in [3.8, 4) is 5.75 Å². The molecule has 0 saturated carbocycles. The first kappa shape index (κ1) is 23.5. The van der Waals surface area contributed by atoms with Gasteiger partial charge in [0.15, 0.2) is 5.69 Å². The lowest BCUT2D eigenvalue weighted by atomic mass is 10.00. The first-order valence-electron chi connectivity index (χ1n) is 10.7. The van der Waals surface area contributed by atoms with Crippen molar-refractivity contribution < 1.29 is 28.6 Å². The van der Waals surface area contributed by atoms with Crippen LogP contribution in [-0.4, -0.2) is 76.0 Å². The van der Waals surface area contributed by atoms with Gasteiger partial charge in [-0.2, -0.15) is 0 Å². The Labute approximate surface area is 193 Å². The number of hydrogen-bond donors (Lipinski definition) is 2. The number of hydrogen-bond acceptors (Lipinski definition) is 8. The first-order valence-corrected chi connectivity index (χ1v) is 10.7. The van der Waals surface area contributed by atoms with E-state index >= 15 is 0 Å². The van der Waals surface area contributed by atoms with Crippen molar-refractivity contribution in [3.05, 3.63) is 57.5 Å². The zero-order valence-electron chi connectivity index (χ0n) is 18.7. The number of rotatable bonds is 3. The minimum Gasteiger partial charge on any atom is -0.501 e. The van der Waals surface area contributed by atoms with Crippen LogP contribution in [0.1, 0.15) is 28.3 Å². The number of carbonyl (C=O) groups excluding carboxylic acids is 3. The van der Waals surface area contributed by atoms with Gasteiger partial charge in [-0.05, 0) is 30.7 Å². The molecule has 4 rings (SSSR count). The van der Waals surface area contributed by atoms with Gasteiger partial charge in [0.1, 0.15) is 17.2 Å². The van der Waals surface area contributed by atoms with Gasteiger partial charge in [-0.25, -0.2) is 9.37 Å². The summed E-state index contributed by atoms with van der Waals surface area (Å²) >= 11 is 0. The third-order valence-corrected chi connectivity index (χ3v) is 5.90. The molecule has 0 radical (unpaired) electrons. The van der Waals surface area contributed by atoms with E-state index in [4.69, 9.17) is 4.74 Å². The van der Waals surface area contributed by atoms with E-state index in [1.54, 1.807) is 0 Å². The van der Waals surface area contributed by atoms with Crippen LogP contribution in [-0.2, 0) is 33.0 Å². The van der Waals surface area contributed by atoms with E-state index in [1.165, 1.54) is 30.8 Å². The van der Waals surface area contributed by atoms with Crippen LogP contribution in [0, 0.1) is 5.82 Å². The van der Waals surface area contributed by atoms with Crippen molar-refractivity contribution in [2.24, 2.45) is 0 Å². The van der Waals surface area contributed by atoms with Crippen LogP contribution in [0.5, 0.6) is 5.75 Å². The molecule has 0 aliphatic carbocycles. The Morgan fingerprint density at radius 1 is 1.24 bits per heavy atom. The molecule has 1 saturated heterocycles. The number of halogens is 1. The number of nitrogens with zero attached hydrogens (tertiary/aromatic N) is 4. The second-order valence-corrected chi connectivity index (χ2v) is 8.38. The van der Waals surface area contributed by atoms with Gasteiger partial charge in [-0.1, -0.05) is 12.1 Å². The third-order valence-electron chi connectivity index (χ3n) is 5.90. The van der Waals surface area contributed by atoms with E-state index < -0.39 is 52.7 Å². The van der Waals surface area contributed by atoms with Gasteiger partial charge < -0.3 is 20.1 Å². The van der Waals surface area contributed by atoms with Crippen LogP contribution >= 0.6 is 0 Å². The number of amides is 3. The van der Waals surface area contributed by atoms with Gasteiger partial charge in [-0.3, -0.25) is 28.6 Å². The number of aromatic hydroxyl groups is 1. The van der Waals surface area contributed by atoms with Crippen molar-refractivity contribution in [2.45, 2.75) is 25.1 Å². The van der Waals surface area contributed by atoms with E-state index in [0.717, 1.165) is 17.0 Å². The Hall–Kier alpha value is -3.64. The van der Waals surface area contributed by atoms with Crippen molar-refractivity contribution in [3.63, 3.8) is 0 Å². The number of nitrogens with one attached hydrogen (secondary N) is 1. The molecular weight excluding hydrogens is 449 g/mol. The topological polar surface area (TPSA) is 134 Å². The zero-order valence-corrected chi connectivity index (χ0v) is 18.7. The quantitative estimate of drug-likeness (QED) is 0.574. The van der Waals surface area contributed by atoms with Crippen molar-refractivity contribution >= 4 is 17.7 Å². The van der Waals surface area contributed by atoms with Gasteiger partial charge in [0, 0.05) is 20.6 Å². The standard InChI is InChI=1S/C22H24FN5O6/c1-26(2)19(32)20(33)28(11-13-3-5-14(23)6-4-13)17(30)15-16(29)18(31)27-9-10-34-22(21(27)25-15)7-8-24-12-22/h3-6,24,29H,7-12H2,1-2H3/t22-/m1/s1. The largest absolute Gasteiger partial charge is 0.501 e. The minimum absolute atomic E-state index is 0.141. The molecule has 11 nitrogen and oxygen atoms in total. The van der Waals surface area contributed by atoms with E-state index in [1.807, 2.05) is 0 Å². The number of carbonyl (C=O) groups is 3. The molecule has 3 heterocycles. The summed E-state index contributed by atoms with van der Waals surface area (Å²) in [6.07, 6.45) is 0.495. The van der Waals surface area contributed by atoms with Gasteiger partial charge in [0.25, 0.3) is 11.5 Å². The summed E-state index contributed by atoms with van der Waals surface area (Å²) in [7, 11) is 2.69. The molecule has 2 aliphatic rings. The molecule has 12 heteroatoms. The maximum absolute atomic E-state index is 13.5. The monoisotopic (exact) mass is 473 g/mol. The maximum atomic E-state index is 13.5. The van der Waals surface area contributed by atoms with E-state index in [0.29, 0.717) is 30.0 Å². The number of ether oxygens (including phenoxy) is 1. The van der Waals surface area contributed by atoms with Crippen molar-refractivity contribution in [1.29, 1.82) is 0 Å². The molecule has 1 fully saturated rings. The minimum atomic E-state index is -1.19. The van der Waals surface area contributed by atoms with Gasteiger partial charge in [-0.15, -0.1) is 0 Å². The molecule has 3 amide bonds. The number of imide groups is 1. The smallest absolute Gasteiger partial charge is 0.319 e. The highest BCUT2D eigenvalue weighted by molar-refractivity contribution is 6.38. The molecule has 34 heavy (non-hydrogen) atoms. The fraction of sp³-hybridized carbons (Fsp3) is 0.409. The van der Waals surface area contributed by atoms with E-state index in [-0.39, 0.29) is 19.0 Å². The Morgan fingerprint density at radius 3 is 2.56 bits per heavy atom. The molecule has 180 valence electrons. The number of likely N-dealkylation sites (N-methyl/N-ethyl adjacent to an activating group) is 1. The van der Waals surface area contributed by atoms with Crippen LogP contribution in [0.15, 0.2) is 29.1 Å². The second-order valence-electron chi connectivity index (χ2n) is 8.38. The molecule has 1 aromatic carbocycles. The lowest BCUT2D eigenvalue weighted by Crippen LogP contribution is -2.48. The maximum Gasteiger partial charge on any atom is 0.319 e. The molecule has 1 aromatic heterocycles. The van der Waals surface area contributed by atoms with E-state index in [9.17, 15) is 28.7 Å². The van der Waals surface area contributed by atoms with Gasteiger partial charge in [0.2, 0.25) is 5.75 Å². The summed E-state index contributed by atoms with van der Waals surface area (Å²) in [4.78, 5) is 57.6.